The highest BCUT2D eigenvalue weighted by molar-refractivity contribution is 8.00. The van der Waals surface area contributed by atoms with E-state index in [-0.39, 0.29) is 23.8 Å². The van der Waals surface area contributed by atoms with Crippen molar-refractivity contribution in [2.24, 2.45) is 0 Å². The number of hydrogen-bond acceptors (Lipinski definition) is 7. The lowest BCUT2D eigenvalue weighted by atomic mass is 10.1. The van der Waals surface area contributed by atoms with Gasteiger partial charge in [-0.3, -0.25) is 4.79 Å². The third-order valence-electron chi connectivity index (χ3n) is 4.45. The first-order valence-corrected chi connectivity index (χ1v) is 10.5. The van der Waals surface area contributed by atoms with Crippen molar-refractivity contribution < 1.29 is 18.0 Å². The number of nitrogens with zero attached hydrogens (tertiary/aromatic N) is 5. The van der Waals surface area contributed by atoms with Gasteiger partial charge in [-0.2, -0.15) is 22.8 Å². The summed E-state index contributed by atoms with van der Waals surface area (Å²) in [6.45, 7) is 3.60. The number of aromatic nitrogens is 5. The molecule has 1 aliphatic rings. The van der Waals surface area contributed by atoms with Gasteiger partial charge >= 0.3 is 5.51 Å². The largest absolute Gasteiger partial charge is 0.446 e. The van der Waals surface area contributed by atoms with Crippen LogP contribution in [0, 0.1) is 6.92 Å². The Labute approximate surface area is 186 Å². The van der Waals surface area contributed by atoms with Crippen LogP contribution in [0.25, 0.3) is 5.95 Å². The molecular weight excluding hydrogens is 443 g/mol. The molecule has 0 radical (unpaired) electrons. The van der Waals surface area contributed by atoms with Crippen molar-refractivity contribution in [1.82, 2.24) is 30.0 Å². The van der Waals surface area contributed by atoms with Crippen LogP contribution in [0.3, 0.4) is 0 Å². The summed E-state index contributed by atoms with van der Waals surface area (Å²) in [4.78, 5) is 22.8. The van der Waals surface area contributed by atoms with Crippen molar-refractivity contribution in [3.63, 3.8) is 0 Å². The van der Waals surface area contributed by atoms with Crippen LogP contribution in [-0.4, -0.2) is 36.7 Å². The number of nitrogens with two attached hydrogens (primary N) is 1. The molecule has 1 atom stereocenters. The van der Waals surface area contributed by atoms with Crippen LogP contribution in [-0.2, 0) is 4.79 Å². The Hall–Kier alpha value is -3.15. The molecule has 1 aromatic carbocycles. The van der Waals surface area contributed by atoms with E-state index in [0.29, 0.717) is 29.0 Å². The minimum absolute atomic E-state index is 0.0257. The molecule has 1 saturated carbocycles. The van der Waals surface area contributed by atoms with Gasteiger partial charge < -0.3 is 11.1 Å². The summed E-state index contributed by atoms with van der Waals surface area (Å²) in [5.41, 5.74) is 3.32. The number of nitrogens with one attached hydrogen (secondary N) is 1. The third-order valence-corrected chi connectivity index (χ3v) is 5.15. The van der Waals surface area contributed by atoms with Crippen molar-refractivity contribution in [1.29, 1.82) is 0 Å². The molecule has 1 amide bonds. The molecule has 0 saturated heterocycles. The molecule has 0 bridgehead atoms. The van der Waals surface area contributed by atoms with Crippen LogP contribution in [0.4, 0.5) is 19.1 Å². The Morgan fingerprint density at radius 2 is 1.94 bits per heavy atom. The highest BCUT2D eigenvalue weighted by atomic mass is 32.2. The Morgan fingerprint density at radius 3 is 2.53 bits per heavy atom. The van der Waals surface area contributed by atoms with Gasteiger partial charge in [0.25, 0.3) is 5.95 Å². The van der Waals surface area contributed by atoms with Gasteiger partial charge in [-0.25, -0.2) is 9.97 Å². The van der Waals surface area contributed by atoms with Gasteiger partial charge in [0, 0.05) is 17.3 Å². The van der Waals surface area contributed by atoms with Gasteiger partial charge in [0.2, 0.25) is 12.4 Å². The number of aryl methyl sites for hydroxylation is 1. The molecule has 3 N–H and O–H groups in total. The van der Waals surface area contributed by atoms with Crippen molar-refractivity contribution in [3.8, 4) is 5.95 Å². The van der Waals surface area contributed by atoms with Crippen LogP contribution in [0.5, 0.6) is 0 Å². The number of carbonyl (C=O) groups excluding carboxylic acids is 1. The SMILES string of the molecule is C[C@H](NC=O)c1nc(N)nn1-c1ncccn1.Cc1cc(SC(F)(F)F)cc(C2CC2)c1. The Bertz CT molecular complexity index is 1060. The summed E-state index contributed by atoms with van der Waals surface area (Å²) in [6, 6.07) is 6.60. The molecule has 4 rings (SSSR count). The zero-order valence-corrected chi connectivity index (χ0v) is 18.2. The van der Waals surface area contributed by atoms with E-state index in [0.717, 1.165) is 24.0 Å². The van der Waals surface area contributed by atoms with E-state index in [9.17, 15) is 18.0 Å². The standard InChI is InChI=1S/C11H11F3S.C9H11N7O/c1-7-4-9(8-2-3-8)6-10(5-7)15-11(12,13)14;1-6(13-5-17)7-14-8(10)15-16(7)9-11-3-2-4-12-9/h4-6,8H,2-3H2,1H3;2-6H,1H3,(H2,10,15)(H,13,17)/t;6-/m.0/s1. The number of anilines is 1. The van der Waals surface area contributed by atoms with Gasteiger partial charge in [0.1, 0.15) is 0 Å². The highest BCUT2D eigenvalue weighted by Crippen LogP contribution is 2.43. The first kappa shape index (κ1) is 23.5. The van der Waals surface area contributed by atoms with E-state index in [1.165, 1.54) is 4.68 Å². The predicted octanol–water partition coefficient (Wildman–Crippen LogP) is 3.93. The monoisotopic (exact) mass is 465 g/mol. The minimum Gasteiger partial charge on any atom is -0.366 e. The maximum atomic E-state index is 12.2. The average molecular weight is 466 g/mol. The molecule has 1 aliphatic carbocycles. The Morgan fingerprint density at radius 1 is 1.25 bits per heavy atom. The van der Waals surface area contributed by atoms with Crippen molar-refractivity contribution in [3.05, 3.63) is 53.6 Å². The molecule has 1 fully saturated rings. The summed E-state index contributed by atoms with van der Waals surface area (Å²) in [7, 11) is 0. The number of amides is 1. The van der Waals surface area contributed by atoms with Gasteiger partial charge in [-0.15, -0.1) is 5.10 Å². The van der Waals surface area contributed by atoms with Gasteiger partial charge in [-0.1, -0.05) is 6.07 Å². The fourth-order valence-electron chi connectivity index (χ4n) is 2.97. The quantitative estimate of drug-likeness (QED) is 0.419. The molecule has 170 valence electrons. The lowest BCUT2D eigenvalue weighted by molar-refractivity contribution is -0.110. The smallest absolute Gasteiger partial charge is 0.366 e. The number of hydrogen-bond donors (Lipinski definition) is 2. The van der Waals surface area contributed by atoms with E-state index in [1.54, 1.807) is 37.5 Å². The summed E-state index contributed by atoms with van der Waals surface area (Å²) < 4.78 is 38.0. The van der Waals surface area contributed by atoms with Crippen LogP contribution < -0.4 is 11.1 Å². The zero-order chi connectivity index (χ0) is 23.3. The molecule has 3 aromatic rings. The first-order valence-electron chi connectivity index (χ1n) is 9.73. The number of nitrogen functional groups attached to an aromatic ring is 1. The van der Waals surface area contributed by atoms with Crippen molar-refractivity contribution in [2.45, 2.75) is 49.1 Å². The molecule has 0 spiro atoms. The number of benzene rings is 1. The topological polar surface area (TPSA) is 112 Å². The maximum absolute atomic E-state index is 12.2. The first-order chi connectivity index (χ1) is 15.2. The number of alkyl halides is 3. The van der Waals surface area contributed by atoms with Gasteiger partial charge in [-0.05, 0) is 73.7 Å². The van der Waals surface area contributed by atoms with E-state index in [1.807, 2.05) is 13.0 Å². The second kappa shape index (κ2) is 9.98. The fourth-order valence-corrected chi connectivity index (χ4v) is 3.67. The molecule has 2 heterocycles. The van der Waals surface area contributed by atoms with Crippen LogP contribution in [0.15, 0.2) is 41.6 Å². The normalized spacial score (nSPS) is 14.3. The third kappa shape index (κ3) is 6.67. The summed E-state index contributed by atoms with van der Waals surface area (Å²) in [6.07, 6.45) is 5.98. The second-order valence-corrected chi connectivity index (χ2v) is 8.33. The summed E-state index contributed by atoms with van der Waals surface area (Å²) in [5.74, 6) is 1.43. The molecule has 0 unspecified atom stereocenters. The van der Waals surface area contributed by atoms with E-state index >= 15 is 0 Å². The molecule has 0 aliphatic heterocycles. The van der Waals surface area contributed by atoms with E-state index < -0.39 is 5.51 Å². The fraction of sp³-hybridized carbons (Fsp3) is 0.350. The van der Waals surface area contributed by atoms with Gasteiger partial charge in [0.05, 0.1) is 6.04 Å². The number of halogens is 3. The average Bonchev–Trinajstić information content (AvgIpc) is 3.49. The van der Waals surface area contributed by atoms with E-state index in [2.05, 4.69) is 25.4 Å². The van der Waals surface area contributed by atoms with Crippen molar-refractivity contribution >= 4 is 24.1 Å². The van der Waals surface area contributed by atoms with E-state index in [4.69, 9.17) is 5.73 Å². The number of thioether (sulfide) groups is 1. The Kier molecular flexibility index (Phi) is 7.33. The molecule has 2 aromatic heterocycles. The highest BCUT2D eigenvalue weighted by Gasteiger charge is 2.30. The van der Waals surface area contributed by atoms with Crippen LogP contribution in [0.2, 0.25) is 0 Å². The number of rotatable bonds is 6. The minimum atomic E-state index is -4.19. The lowest BCUT2D eigenvalue weighted by Gasteiger charge is -2.09. The molecule has 8 nitrogen and oxygen atoms in total. The van der Waals surface area contributed by atoms with Gasteiger partial charge in [0.15, 0.2) is 5.82 Å². The Balaban J connectivity index is 0.000000182. The molecule has 12 heteroatoms. The number of carbonyl (C=O) groups is 1. The molecular formula is C20H22F3N7OS. The maximum Gasteiger partial charge on any atom is 0.446 e. The molecule has 32 heavy (non-hydrogen) atoms. The van der Waals surface area contributed by atoms with Crippen LogP contribution in [0.1, 0.15) is 48.7 Å². The predicted molar refractivity (Wildman–Crippen MR) is 114 cm³/mol. The summed E-state index contributed by atoms with van der Waals surface area (Å²) in [5, 5.41) is 6.56. The zero-order valence-electron chi connectivity index (χ0n) is 17.4. The summed E-state index contributed by atoms with van der Waals surface area (Å²) >= 11 is -0.0257. The second-order valence-electron chi connectivity index (χ2n) is 7.20. The lowest BCUT2D eigenvalue weighted by Crippen LogP contribution is -2.21. The van der Waals surface area contributed by atoms with Crippen molar-refractivity contribution in [2.75, 3.05) is 5.73 Å². The van der Waals surface area contributed by atoms with Crippen LogP contribution >= 0.6 is 11.8 Å².